The van der Waals surface area contributed by atoms with Crippen molar-refractivity contribution in [1.82, 2.24) is 0 Å². The fraction of sp³-hybridized carbons (Fsp3) is 0.833. The molecule has 0 saturated heterocycles. The molecule has 0 spiro atoms. The Morgan fingerprint density at radius 1 is 1.00 bits per heavy atom. The van der Waals surface area contributed by atoms with Crippen molar-refractivity contribution in [1.29, 1.82) is 0 Å². The van der Waals surface area contributed by atoms with E-state index in [1.807, 2.05) is 6.92 Å². The molecule has 0 heterocycles. The Morgan fingerprint density at radius 2 is 1.62 bits per heavy atom. The lowest BCUT2D eigenvalue weighted by atomic mass is 9.43. The van der Waals surface area contributed by atoms with Gasteiger partial charge in [0.25, 0.3) is 0 Å². The molecule has 0 amide bonds. The van der Waals surface area contributed by atoms with Gasteiger partial charge in [-0.3, -0.25) is 9.59 Å². The Labute approximate surface area is 175 Å². The monoisotopic (exact) mass is 406 g/mol. The van der Waals surface area contributed by atoms with Crippen LogP contribution in [0, 0.1) is 28.1 Å². The second kappa shape index (κ2) is 7.49. The first-order valence-corrected chi connectivity index (χ1v) is 10.9. The summed E-state index contributed by atoms with van der Waals surface area (Å²) in [6, 6.07) is 0. The van der Waals surface area contributed by atoms with E-state index in [9.17, 15) is 9.59 Å². The summed E-state index contributed by atoms with van der Waals surface area (Å²) in [5.41, 5.74) is 1.62. The highest BCUT2D eigenvalue weighted by atomic mass is 16.7. The second-order valence-electron chi connectivity index (χ2n) is 10.5. The molecule has 0 aromatic carbocycles. The van der Waals surface area contributed by atoms with Crippen molar-refractivity contribution < 1.29 is 23.8 Å². The van der Waals surface area contributed by atoms with E-state index in [1.54, 1.807) is 14.2 Å². The molecule has 0 aromatic heterocycles. The maximum absolute atomic E-state index is 13.3. The van der Waals surface area contributed by atoms with Crippen molar-refractivity contribution in [3.8, 4) is 0 Å². The third kappa shape index (κ3) is 3.29. The lowest BCUT2D eigenvalue weighted by Crippen LogP contribution is -2.58. The number of esters is 1. The van der Waals surface area contributed by atoms with E-state index in [-0.39, 0.29) is 40.0 Å². The minimum Gasteiger partial charge on any atom is -0.462 e. The molecule has 3 aliphatic carbocycles. The van der Waals surface area contributed by atoms with Gasteiger partial charge in [-0.05, 0) is 60.8 Å². The lowest BCUT2D eigenvalue weighted by molar-refractivity contribution is -0.185. The first-order valence-electron chi connectivity index (χ1n) is 10.9. The molecular formula is C24H38O5. The smallest absolute Gasteiger partial charge is 0.302 e. The van der Waals surface area contributed by atoms with Crippen LogP contribution in [0.15, 0.2) is 11.1 Å². The number of carbonyl (C=O) groups excluding carboxylic acids is 2. The molecule has 3 fully saturated rings. The Hall–Kier alpha value is -1.20. The lowest BCUT2D eigenvalue weighted by Gasteiger charge is -2.62. The zero-order valence-corrected chi connectivity index (χ0v) is 19.4. The van der Waals surface area contributed by atoms with Crippen LogP contribution in [0.1, 0.15) is 73.6 Å². The minimum absolute atomic E-state index is 0.0421. The van der Waals surface area contributed by atoms with Crippen molar-refractivity contribution in [3.63, 3.8) is 0 Å². The molecule has 5 atom stereocenters. The Bertz CT molecular complexity index is 719. The van der Waals surface area contributed by atoms with Crippen LogP contribution < -0.4 is 0 Å². The molecule has 5 unspecified atom stereocenters. The molecule has 0 aromatic rings. The number of carbonyl (C=O) groups is 2. The van der Waals surface area contributed by atoms with E-state index < -0.39 is 6.29 Å². The molecule has 29 heavy (non-hydrogen) atoms. The zero-order valence-electron chi connectivity index (χ0n) is 19.4. The highest BCUT2D eigenvalue weighted by Crippen LogP contribution is 2.69. The van der Waals surface area contributed by atoms with Gasteiger partial charge in [0.1, 0.15) is 6.10 Å². The van der Waals surface area contributed by atoms with Crippen LogP contribution >= 0.6 is 0 Å². The predicted molar refractivity (Wildman–Crippen MR) is 111 cm³/mol. The Kier molecular flexibility index (Phi) is 5.81. The molecule has 3 saturated carbocycles. The van der Waals surface area contributed by atoms with Gasteiger partial charge in [-0.2, -0.15) is 0 Å². The van der Waals surface area contributed by atoms with Crippen molar-refractivity contribution >= 4 is 11.8 Å². The number of ether oxygens (including phenoxy) is 3. The average Bonchev–Trinajstić information content (AvgIpc) is 2.90. The van der Waals surface area contributed by atoms with E-state index >= 15 is 0 Å². The van der Waals surface area contributed by atoms with Gasteiger partial charge in [0.05, 0.1) is 0 Å². The molecule has 164 valence electrons. The normalized spacial score (nSPS) is 40.4. The van der Waals surface area contributed by atoms with Gasteiger partial charge in [-0.1, -0.05) is 27.7 Å². The second-order valence-corrected chi connectivity index (χ2v) is 10.5. The number of Topliss-reactive ketones (excluding diaryl/α,β-unsaturated/α-hetero) is 1. The first kappa shape index (κ1) is 22.5. The zero-order chi connectivity index (χ0) is 21.8. The summed E-state index contributed by atoms with van der Waals surface area (Å²) in [7, 11) is 3.24. The molecule has 3 aliphatic rings. The molecule has 5 heteroatoms. The fourth-order valence-corrected chi connectivity index (χ4v) is 7.54. The summed E-state index contributed by atoms with van der Waals surface area (Å²) in [6.45, 7) is 12.6. The van der Waals surface area contributed by atoms with Crippen LogP contribution in [0.25, 0.3) is 0 Å². The van der Waals surface area contributed by atoms with Crippen LogP contribution in [0.3, 0.4) is 0 Å². The highest BCUT2D eigenvalue weighted by Gasteiger charge is 2.65. The van der Waals surface area contributed by atoms with Gasteiger partial charge in [0.2, 0.25) is 0 Å². The van der Waals surface area contributed by atoms with Gasteiger partial charge in [-0.25, -0.2) is 0 Å². The molecule has 5 nitrogen and oxygen atoms in total. The summed E-state index contributed by atoms with van der Waals surface area (Å²) >= 11 is 0. The summed E-state index contributed by atoms with van der Waals surface area (Å²) in [5, 5.41) is 0. The van der Waals surface area contributed by atoms with Crippen molar-refractivity contribution in [2.75, 3.05) is 14.2 Å². The van der Waals surface area contributed by atoms with E-state index in [1.165, 1.54) is 6.92 Å². The quantitative estimate of drug-likeness (QED) is 0.385. The first-order chi connectivity index (χ1) is 13.4. The van der Waals surface area contributed by atoms with Gasteiger partial charge in [0, 0.05) is 38.6 Å². The number of hydrogen-bond donors (Lipinski definition) is 0. The van der Waals surface area contributed by atoms with Crippen LogP contribution in [-0.4, -0.2) is 38.4 Å². The minimum atomic E-state index is -0.480. The number of allylic oxidation sites excluding steroid dienone is 1. The third-order valence-electron chi connectivity index (χ3n) is 8.71. The number of fused-ring (bicyclic) bond motifs is 3. The summed E-state index contributed by atoms with van der Waals surface area (Å²) < 4.78 is 16.7. The van der Waals surface area contributed by atoms with E-state index in [0.717, 1.165) is 36.8 Å². The number of ketones is 1. The highest BCUT2D eigenvalue weighted by molar-refractivity contribution is 6.00. The van der Waals surface area contributed by atoms with Gasteiger partial charge in [-0.15, -0.1) is 0 Å². The van der Waals surface area contributed by atoms with E-state index in [2.05, 4.69) is 27.7 Å². The Balaban J connectivity index is 2.01. The van der Waals surface area contributed by atoms with Gasteiger partial charge >= 0.3 is 5.97 Å². The van der Waals surface area contributed by atoms with E-state index in [4.69, 9.17) is 14.2 Å². The number of hydrogen-bond acceptors (Lipinski definition) is 5. The van der Waals surface area contributed by atoms with Crippen molar-refractivity contribution in [2.24, 2.45) is 28.1 Å². The van der Waals surface area contributed by atoms with Crippen molar-refractivity contribution in [3.05, 3.63) is 11.1 Å². The van der Waals surface area contributed by atoms with Crippen molar-refractivity contribution in [2.45, 2.75) is 86.0 Å². The largest absolute Gasteiger partial charge is 0.462 e. The maximum atomic E-state index is 13.3. The summed E-state index contributed by atoms with van der Waals surface area (Å²) in [4.78, 5) is 24.9. The summed E-state index contributed by atoms with van der Waals surface area (Å²) in [5.74, 6) is 0.752. The standard InChI is InChI=1S/C24H38O5/c1-14(21(27-7)28-8)20-16(26)13-18-23(5)12-10-19(29-15(2)25)22(3,4)17(23)9-11-24(18,20)6/h17-19,21H,9-13H2,1-8H3. The number of rotatable bonds is 4. The molecule has 0 bridgehead atoms. The van der Waals surface area contributed by atoms with Gasteiger partial charge < -0.3 is 14.2 Å². The fourth-order valence-electron chi connectivity index (χ4n) is 7.54. The molecule has 0 aliphatic heterocycles. The maximum Gasteiger partial charge on any atom is 0.302 e. The SMILES string of the molecule is COC(OC)C(C)=C1C(=O)CC2C1(C)CCC1C(C)(C)C(OC(C)=O)CCC21C. The number of methoxy groups -OCH3 is 2. The van der Waals surface area contributed by atoms with Crippen LogP contribution in [0.5, 0.6) is 0 Å². The van der Waals surface area contributed by atoms with Crippen LogP contribution in [0.2, 0.25) is 0 Å². The third-order valence-corrected chi connectivity index (χ3v) is 8.71. The van der Waals surface area contributed by atoms with Crippen LogP contribution in [0.4, 0.5) is 0 Å². The Morgan fingerprint density at radius 3 is 2.17 bits per heavy atom. The molecule has 0 radical (unpaired) electrons. The topological polar surface area (TPSA) is 61.8 Å². The average molecular weight is 407 g/mol. The molecular weight excluding hydrogens is 368 g/mol. The van der Waals surface area contributed by atoms with Crippen LogP contribution in [-0.2, 0) is 23.8 Å². The summed E-state index contributed by atoms with van der Waals surface area (Å²) in [6.07, 6.45) is 3.89. The molecule has 0 N–H and O–H groups in total. The predicted octanol–water partition coefficient (Wildman–Crippen LogP) is 4.69. The van der Waals surface area contributed by atoms with Gasteiger partial charge in [0.15, 0.2) is 12.1 Å². The molecule has 3 rings (SSSR count). The van der Waals surface area contributed by atoms with E-state index in [0.29, 0.717) is 12.3 Å².